The summed E-state index contributed by atoms with van der Waals surface area (Å²) in [6, 6.07) is 2.09. The highest BCUT2D eigenvalue weighted by molar-refractivity contribution is 5.50. The number of rotatable bonds is 5. The predicted octanol–water partition coefficient (Wildman–Crippen LogP) is 0.978. The number of anilines is 2. The molecule has 0 radical (unpaired) electrons. The minimum atomic E-state index is 0.734. The second-order valence-electron chi connectivity index (χ2n) is 4.91. The molecule has 1 aliphatic heterocycles. The summed E-state index contributed by atoms with van der Waals surface area (Å²) < 4.78 is 0. The number of nitrogens with one attached hydrogen (secondary N) is 1. The smallest absolute Gasteiger partial charge is 0.134 e. The van der Waals surface area contributed by atoms with Crippen molar-refractivity contribution in [2.24, 2.45) is 5.92 Å². The lowest BCUT2D eigenvalue weighted by molar-refractivity contribution is 0.549. The van der Waals surface area contributed by atoms with Crippen molar-refractivity contribution in [3.63, 3.8) is 0 Å². The molecule has 18 heavy (non-hydrogen) atoms. The first-order chi connectivity index (χ1) is 8.74. The van der Waals surface area contributed by atoms with Gasteiger partial charge in [0.25, 0.3) is 0 Å². The van der Waals surface area contributed by atoms with E-state index in [0.29, 0.717) is 0 Å². The molecule has 0 saturated carbocycles. The van der Waals surface area contributed by atoms with Crippen LogP contribution in [0.2, 0.25) is 0 Å². The van der Waals surface area contributed by atoms with Crippen molar-refractivity contribution in [3.8, 4) is 0 Å². The molecule has 0 aromatic carbocycles. The molecular formula is C13H23N5. The van der Waals surface area contributed by atoms with E-state index in [1.54, 1.807) is 6.33 Å². The molecule has 1 fully saturated rings. The van der Waals surface area contributed by atoms with Crippen molar-refractivity contribution in [1.29, 1.82) is 0 Å². The molecule has 1 aromatic rings. The third-order valence-corrected chi connectivity index (χ3v) is 3.61. The molecule has 2 rings (SSSR count). The Morgan fingerprint density at radius 2 is 2.33 bits per heavy atom. The molecular weight excluding hydrogens is 226 g/mol. The van der Waals surface area contributed by atoms with Crippen molar-refractivity contribution in [2.45, 2.75) is 13.3 Å². The molecule has 1 unspecified atom stereocenters. The van der Waals surface area contributed by atoms with Crippen molar-refractivity contribution in [3.05, 3.63) is 12.4 Å². The predicted molar refractivity (Wildman–Crippen MR) is 75.2 cm³/mol. The largest absolute Gasteiger partial charge is 0.360 e. The molecule has 100 valence electrons. The van der Waals surface area contributed by atoms with Gasteiger partial charge in [0.2, 0.25) is 0 Å². The average molecular weight is 249 g/mol. The van der Waals surface area contributed by atoms with Crippen LogP contribution in [0.1, 0.15) is 13.3 Å². The van der Waals surface area contributed by atoms with Crippen molar-refractivity contribution >= 4 is 11.6 Å². The number of hydrogen-bond acceptors (Lipinski definition) is 5. The first-order valence-electron chi connectivity index (χ1n) is 6.67. The molecule has 5 nitrogen and oxygen atoms in total. The highest BCUT2D eigenvalue weighted by Crippen LogP contribution is 2.23. The Labute approximate surface area is 109 Å². The van der Waals surface area contributed by atoms with Gasteiger partial charge in [-0.3, -0.25) is 0 Å². The topological polar surface area (TPSA) is 44.3 Å². The van der Waals surface area contributed by atoms with Crippen LogP contribution in [0.4, 0.5) is 11.6 Å². The van der Waals surface area contributed by atoms with Crippen LogP contribution in [0.5, 0.6) is 0 Å². The third-order valence-electron chi connectivity index (χ3n) is 3.61. The van der Waals surface area contributed by atoms with Gasteiger partial charge in [-0.25, -0.2) is 9.97 Å². The molecule has 0 spiro atoms. The first-order valence-corrected chi connectivity index (χ1v) is 6.67. The summed E-state index contributed by atoms with van der Waals surface area (Å²) in [5, 5.41) is 3.25. The molecule has 0 amide bonds. The van der Waals surface area contributed by atoms with Crippen LogP contribution in [0, 0.1) is 5.92 Å². The number of hydrogen-bond donors (Lipinski definition) is 1. The molecule has 1 aliphatic rings. The van der Waals surface area contributed by atoms with E-state index in [2.05, 4.69) is 45.1 Å². The second-order valence-corrected chi connectivity index (χ2v) is 4.91. The summed E-state index contributed by atoms with van der Waals surface area (Å²) >= 11 is 0. The zero-order chi connectivity index (χ0) is 13.0. The third kappa shape index (κ3) is 2.90. The summed E-state index contributed by atoms with van der Waals surface area (Å²) in [5.74, 6) is 2.79. The maximum absolute atomic E-state index is 4.40. The Morgan fingerprint density at radius 1 is 1.50 bits per heavy atom. The lowest BCUT2D eigenvalue weighted by Crippen LogP contribution is -2.25. The average Bonchev–Trinajstić information content (AvgIpc) is 2.87. The van der Waals surface area contributed by atoms with Crippen LogP contribution in [0.15, 0.2) is 12.4 Å². The van der Waals surface area contributed by atoms with Gasteiger partial charge in [-0.1, -0.05) is 0 Å². The minimum absolute atomic E-state index is 0.734. The summed E-state index contributed by atoms with van der Waals surface area (Å²) in [6.45, 7) is 6.36. The van der Waals surface area contributed by atoms with Gasteiger partial charge < -0.3 is 15.1 Å². The van der Waals surface area contributed by atoms with Crippen LogP contribution >= 0.6 is 0 Å². The van der Waals surface area contributed by atoms with E-state index in [1.807, 2.05) is 7.05 Å². The van der Waals surface area contributed by atoms with Crippen LogP contribution in [-0.2, 0) is 0 Å². The van der Waals surface area contributed by atoms with Gasteiger partial charge in [0.05, 0.1) is 0 Å². The molecule has 0 aliphatic carbocycles. The standard InChI is InChI=1S/C13H23N5/c1-4-17(3)12-7-13(16-10-15-12)18-6-5-11(9-18)8-14-2/h7,10-11,14H,4-6,8-9H2,1-3H3. The van der Waals surface area contributed by atoms with E-state index in [1.165, 1.54) is 6.42 Å². The zero-order valence-electron chi connectivity index (χ0n) is 11.6. The normalized spacial score (nSPS) is 19.3. The van der Waals surface area contributed by atoms with Crippen LogP contribution < -0.4 is 15.1 Å². The summed E-state index contributed by atoms with van der Waals surface area (Å²) in [7, 11) is 4.07. The van der Waals surface area contributed by atoms with E-state index in [0.717, 1.165) is 43.7 Å². The van der Waals surface area contributed by atoms with Gasteiger partial charge in [0.15, 0.2) is 0 Å². The fourth-order valence-corrected chi connectivity index (χ4v) is 2.38. The molecule has 5 heteroatoms. The summed E-state index contributed by atoms with van der Waals surface area (Å²) in [5.41, 5.74) is 0. The SMILES string of the molecule is CCN(C)c1cc(N2CCC(CNC)C2)ncn1. The Kier molecular flexibility index (Phi) is 4.36. The van der Waals surface area contributed by atoms with E-state index in [-0.39, 0.29) is 0 Å². The molecule has 1 saturated heterocycles. The van der Waals surface area contributed by atoms with Gasteiger partial charge in [-0.2, -0.15) is 0 Å². The van der Waals surface area contributed by atoms with Gasteiger partial charge in [0.1, 0.15) is 18.0 Å². The van der Waals surface area contributed by atoms with Crippen LogP contribution in [0.25, 0.3) is 0 Å². The molecule has 1 atom stereocenters. The number of aromatic nitrogens is 2. The maximum Gasteiger partial charge on any atom is 0.134 e. The Bertz CT molecular complexity index is 381. The van der Waals surface area contributed by atoms with E-state index >= 15 is 0 Å². The van der Waals surface area contributed by atoms with Gasteiger partial charge >= 0.3 is 0 Å². The fourth-order valence-electron chi connectivity index (χ4n) is 2.38. The Hall–Kier alpha value is -1.36. The molecule has 1 aromatic heterocycles. The Balaban J connectivity index is 2.05. The van der Waals surface area contributed by atoms with Crippen LogP contribution in [-0.4, -0.2) is 50.2 Å². The first kappa shape index (κ1) is 13.1. The van der Waals surface area contributed by atoms with Gasteiger partial charge in [-0.05, 0) is 32.9 Å². The van der Waals surface area contributed by atoms with Crippen molar-refractivity contribution < 1.29 is 0 Å². The molecule has 2 heterocycles. The highest BCUT2D eigenvalue weighted by Gasteiger charge is 2.23. The van der Waals surface area contributed by atoms with Crippen molar-refractivity contribution in [2.75, 3.05) is 50.1 Å². The molecule has 0 bridgehead atoms. The monoisotopic (exact) mass is 249 g/mol. The summed E-state index contributed by atoms with van der Waals surface area (Å²) in [4.78, 5) is 13.2. The van der Waals surface area contributed by atoms with Gasteiger partial charge in [0, 0.05) is 32.7 Å². The maximum atomic E-state index is 4.40. The lowest BCUT2D eigenvalue weighted by atomic mass is 10.1. The minimum Gasteiger partial charge on any atom is -0.360 e. The van der Waals surface area contributed by atoms with E-state index in [4.69, 9.17) is 0 Å². The zero-order valence-corrected chi connectivity index (χ0v) is 11.6. The quantitative estimate of drug-likeness (QED) is 0.842. The lowest BCUT2D eigenvalue weighted by Gasteiger charge is -2.20. The summed E-state index contributed by atoms with van der Waals surface area (Å²) in [6.07, 6.45) is 2.91. The van der Waals surface area contributed by atoms with E-state index in [9.17, 15) is 0 Å². The van der Waals surface area contributed by atoms with Crippen LogP contribution in [0.3, 0.4) is 0 Å². The highest BCUT2D eigenvalue weighted by atomic mass is 15.2. The molecule has 1 N–H and O–H groups in total. The van der Waals surface area contributed by atoms with Crippen molar-refractivity contribution in [1.82, 2.24) is 15.3 Å². The fraction of sp³-hybridized carbons (Fsp3) is 0.692. The van der Waals surface area contributed by atoms with E-state index < -0.39 is 0 Å². The Morgan fingerprint density at radius 3 is 3.06 bits per heavy atom. The van der Waals surface area contributed by atoms with Gasteiger partial charge in [-0.15, -0.1) is 0 Å². The number of nitrogens with zero attached hydrogens (tertiary/aromatic N) is 4. The second kappa shape index (κ2) is 6.00.